The van der Waals surface area contributed by atoms with Crippen molar-refractivity contribution < 1.29 is 0 Å². The van der Waals surface area contributed by atoms with Crippen LogP contribution in [0, 0.1) is 0 Å². The summed E-state index contributed by atoms with van der Waals surface area (Å²) in [5.41, 5.74) is 2.89. The Bertz CT molecular complexity index is 877. The van der Waals surface area contributed by atoms with Crippen molar-refractivity contribution in [1.29, 1.82) is 0 Å². The summed E-state index contributed by atoms with van der Waals surface area (Å²) in [5.74, 6) is 0.626. The average Bonchev–Trinajstić information content (AvgIpc) is 3.08. The number of aromatic amines is 1. The van der Waals surface area contributed by atoms with Gasteiger partial charge in [0.1, 0.15) is 5.82 Å². The third kappa shape index (κ3) is 2.90. The molecule has 1 aliphatic rings. The SMILES string of the molecule is O=c1[nH]c(-c2ccc(CN3CCCC3)cc2)nc2ccccc12. The van der Waals surface area contributed by atoms with Gasteiger partial charge in [-0.3, -0.25) is 9.69 Å². The van der Waals surface area contributed by atoms with Gasteiger partial charge in [-0.25, -0.2) is 4.98 Å². The van der Waals surface area contributed by atoms with Gasteiger partial charge in [-0.1, -0.05) is 36.4 Å². The van der Waals surface area contributed by atoms with Crippen LogP contribution in [0.25, 0.3) is 22.3 Å². The number of para-hydroxylation sites is 1. The Labute approximate surface area is 134 Å². The summed E-state index contributed by atoms with van der Waals surface area (Å²) in [5, 5.41) is 0.627. The molecule has 0 atom stereocenters. The van der Waals surface area contributed by atoms with E-state index in [0.717, 1.165) is 17.6 Å². The molecule has 3 aromatic rings. The Morgan fingerprint density at radius 3 is 2.52 bits per heavy atom. The highest BCUT2D eigenvalue weighted by Crippen LogP contribution is 2.19. The largest absolute Gasteiger partial charge is 0.306 e. The second kappa shape index (κ2) is 5.97. The van der Waals surface area contributed by atoms with Crippen LogP contribution >= 0.6 is 0 Å². The highest BCUT2D eigenvalue weighted by molar-refractivity contribution is 5.79. The highest BCUT2D eigenvalue weighted by atomic mass is 16.1. The number of nitrogens with zero attached hydrogens (tertiary/aromatic N) is 2. The predicted molar refractivity (Wildman–Crippen MR) is 92.3 cm³/mol. The Morgan fingerprint density at radius 1 is 1.00 bits per heavy atom. The molecule has 1 aliphatic heterocycles. The van der Waals surface area contributed by atoms with Crippen molar-refractivity contribution in [2.45, 2.75) is 19.4 Å². The van der Waals surface area contributed by atoms with E-state index in [1.165, 1.54) is 31.5 Å². The van der Waals surface area contributed by atoms with Crippen molar-refractivity contribution in [3.8, 4) is 11.4 Å². The van der Waals surface area contributed by atoms with Crippen molar-refractivity contribution in [3.05, 3.63) is 64.4 Å². The molecular weight excluding hydrogens is 286 g/mol. The molecule has 4 heteroatoms. The number of likely N-dealkylation sites (tertiary alicyclic amines) is 1. The molecule has 0 aliphatic carbocycles. The van der Waals surface area contributed by atoms with Gasteiger partial charge in [-0.05, 0) is 43.6 Å². The van der Waals surface area contributed by atoms with E-state index in [-0.39, 0.29) is 5.56 Å². The standard InChI is InChI=1S/C19H19N3O/c23-19-16-5-1-2-6-17(16)20-18(21-19)15-9-7-14(8-10-15)13-22-11-3-4-12-22/h1-2,5-10H,3-4,11-13H2,(H,20,21,23). The predicted octanol–water partition coefficient (Wildman–Crippen LogP) is 3.19. The van der Waals surface area contributed by atoms with Crippen LogP contribution in [0.3, 0.4) is 0 Å². The quantitative estimate of drug-likeness (QED) is 0.808. The fourth-order valence-corrected chi connectivity index (χ4v) is 3.19. The van der Waals surface area contributed by atoms with Crippen LogP contribution < -0.4 is 5.56 Å². The third-order valence-electron chi connectivity index (χ3n) is 4.45. The lowest BCUT2D eigenvalue weighted by molar-refractivity contribution is 0.331. The van der Waals surface area contributed by atoms with Gasteiger partial charge >= 0.3 is 0 Å². The van der Waals surface area contributed by atoms with Crippen molar-refractivity contribution in [1.82, 2.24) is 14.9 Å². The maximum absolute atomic E-state index is 12.2. The first-order valence-electron chi connectivity index (χ1n) is 8.10. The molecule has 116 valence electrons. The number of fused-ring (bicyclic) bond motifs is 1. The van der Waals surface area contributed by atoms with Gasteiger partial charge in [0.05, 0.1) is 10.9 Å². The summed E-state index contributed by atoms with van der Waals surface area (Å²) in [6.07, 6.45) is 2.61. The summed E-state index contributed by atoms with van der Waals surface area (Å²) in [6.45, 7) is 3.39. The lowest BCUT2D eigenvalue weighted by Gasteiger charge is -2.14. The molecule has 2 aromatic carbocycles. The van der Waals surface area contributed by atoms with Crippen LogP contribution in [-0.4, -0.2) is 28.0 Å². The summed E-state index contributed by atoms with van der Waals surface area (Å²) in [7, 11) is 0. The molecule has 4 nitrogen and oxygen atoms in total. The number of nitrogens with one attached hydrogen (secondary N) is 1. The first-order valence-corrected chi connectivity index (χ1v) is 8.10. The molecular formula is C19H19N3O. The average molecular weight is 305 g/mol. The molecule has 0 unspecified atom stereocenters. The van der Waals surface area contributed by atoms with Gasteiger partial charge in [0.15, 0.2) is 0 Å². The smallest absolute Gasteiger partial charge is 0.259 e. The summed E-state index contributed by atoms with van der Waals surface area (Å²) in [6, 6.07) is 15.8. The molecule has 1 fully saturated rings. The van der Waals surface area contributed by atoms with Crippen LogP contribution in [0.5, 0.6) is 0 Å². The van der Waals surface area contributed by atoms with Crippen LogP contribution in [0.2, 0.25) is 0 Å². The summed E-state index contributed by atoms with van der Waals surface area (Å²) < 4.78 is 0. The molecule has 0 spiro atoms. The van der Waals surface area contributed by atoms with Gasteiger partial charge in [0.25, 0.3) is 5.56 Å². The zero-order valence-electron chi connectivity index (χ0n) is 13.0. The van der Waals surface area contributed by atoms with Crippen LogP contribution in [-0.2, 0) is 6.54 Å². The van der Waals surface area contributed by atoms with Crippen molar-refractivity contribution >= 4 is 10.9 Å². The third-order valence-corrected chi connectivity index (χ3v) is 4.45. The molecule has 4 rings (SSSR count). The molecule has 0 amide bonds. The molecule has 0 bridgehead atoms. The second-order valence-electron chi connectivity index (χ2n) is 6.11. The number of aromatic nitrogens is 2. The molecule has 0 saturated carbocycles. The first-order chi connectivity index (χ1) is 11.3. The molecule has 0 radical (unpaired) electrons. The van der Waals surface area contributed by atoms with Crippen LogP contribution in [0.4, 0.5) is 0 Å². The van der Waals surface area contributed by atoms with E-state index in [0.29, 0.717) is 11.2 Å². The lowest BCUT2D eigenvalue weighted by atomic mass is 10.1. The number of hydrogen-bond donors (Lipinski definition) is 1. The number of hydrogen-bond acceptors (Lipinski definition) is 3. The van der Waals surface area contributed by atoms with Crippen LogP contribution in [0.1, 0.15) is 18.4 Å². The molecule has 2 heterocycles. The number of rotatable bonds is 3. The monoisotopic (exact) mass is 305 g/mol. The first kappa shape index (κ1) is 14.2. The lowest BCUT2D eigenvalue weighted by Crippen LogP contribution is -2.18. The van der Waals surface area contributed by atoms with Crippen molar-refractivity contribution in [2.24, 2.45) is 0 Å². The highest BCUT2D eigenvalue weighted by Gasteiger charge is 2.12. The van der Waals surface area contributed by atoms with Crippen molar-refractivity contribution in [3.63, 3.8) is 0 Å². The number of H-pyrrole nitrogens is 1. The Morgan fingerprint density at radius 2 is 1.74 bits per heavy atom. The van der Waals surface area contributed by atoms with E-state index in [4.69, 9.17) is 0 Å². The van der Waals surface area contributed by atoms with E-state index >= 15 is 0 Å². The van der Waals surface area contributed by atoms with E-state index in [2.05, 4.69) is 27.0 Å². The fourth-order valence-electron chi connectivity index (χ4n) is 3.19. The Kier molecular flexibility index (Phi) is 3.67. The van der Waals surface area contributed by atoms with E-state index in [9.17, 15) is 4.79 Å². The number of benzene rings is 2. The van der Waals surface area contributed by atoms with E-state index in [1.54, 1.807) is 6.07 Å². The van der Waals surface area contributed by atoms with E-state index < -0.39 is 0 Å². The zero-order valence-corrected chi connectivity index (χ0v) is 13.0. The maximum Gasteiger partial charge on any atom is 0.259 e. The topological polar surface area (TPSA) is 49.0 Å². The van der Waals surface area contributed by atoms with Gasteiger partial charge in [0, 0.05) is 12.1 Å². The van der Waals surface area contributed by atoms with Gasteiger partial charge in [-0.15, -0.1) is 0 Å². The van der Waals surface area contributed by atoms with Crippen LogP contribution in [0.15, 0.2) is 53.3 Å². The second-order valence-corrected chi connectivity index (χ2v) is 6.11. The fraction of sp³-hybridized carbons (Fsp3) is 0.263. The Hall–Kier alpha value is -2.46. The summed E-state index contributed by atoms with van der Waals surface area (Å²) >= 11 is 0. The minimum Gasteiger partial charge on any atom is -0.306 e. The minimum absolute atomic E-state index is 0.0910. The molecule has 1 aromatic heterocycles. The maximum atomic E-state index is 12.2. The van der Waals surface area contributed by atoms with E-state index in [1.807, 2.05) is 30.3 Å². The van der Waals surface area contributed by atoms with Gasteiger partial charge in [0.2, 0.25) is 0 Å². The van der Waals surface area contributed by atoms with Gasteiger partial charge < -0.3 is 4.98 Å². The van der Waals surface area contributed by atoms with Crippen molar-refractivity contribution in [2.75, 3.05) is 13.1 Å². The molecule has 23 heavy (non-hydrogen) atoms. The normalized spacial score (nSPS) is 15.3. The van der Waals surface area contributed by atoms with Gasteiger partial charge in [-0.2, -0.15) is 0 Å². The Balaban J connectivity index is 1.63. The molecule has 1 saturated heterocycles. The minimum atomic E-state index is -0.0910. The molecule has 1 N–H and O–H groups in total. The summed E-state index contributed by atoms with van der Waals surface area (Å²) in [4.78, 5) is 22.1. The zero-order chi connectivity index (χ0) is 15.6.